The van der Waals surface area contributed by atoms with Crippen LogP contribution in [0.15, 0.2) is 9.98 Å². The third-order valence-corrected chi connectivity index (χ3v) is 2.41. The molecular weight excluding hydrogens is 190 g/mol. The van der Waals surface area contributed by atoms with Gasteiger partial charge in [0, 0.05) is 19.6 Å². The topological polar surface area (TPSA) is 80.0 Å². The number of rotatable bonds is 2. The van der Waals surface area contributed by atoms with Crippen molar-refractivity contribution >= 4 is 11.9 Å². The van der Waals surface area contributed by atoms with E-state index >= 15 is 0 Å². The number of nitrogens with zero attached hydrogens (tertiary/aromatic N) is 3. The zero-order valence-corrected chi connectivity index (χ0v) is 9.45. The Morgan fingerprint density at radius 1 is 1.20 bits per heavy atom. The summed E-state index contributed by atoms with van der Waals surface area (Å²) in [6, 6.07) is 0. The predicted octanol–water partition coefficient (Wildman–Crippen LogP) is 0.512. The van der Waals surface area contributed by atoms with E-state index in [1.165, 1.54) is 19.3 Å². The van der Waals surface area contributed by atoms with Crippen LogP contribution in [0.5, 0.6) is 0 Å². The van der Waals surface area contributed by atoms with Crippen LogP contribution in [0.4, 0.5) is 0 Å². The average molecular weight is 211 g/mol. The molecule has 0 aromatic heterocycles. The van der Waals surface area contributed by atoms with Crippen molar-refractivity contribution in [1.82, 2.24) is 4.90 Å². The zero-order valence-electron chi connectivity index (χ0n) is 9.45. The van der Waals surface area contributed by atoms with Crippen LogP contribution >= 0.6 is 0 Å². The molecule has 5 nitrogen and oxygen atoms in total. The third-order valence-electron chi connectivity index (χ3n) is 2.41. The Morgan fingerprint density at radius 2 is 1.87 bits per heavy atom. The second-order valence-corrected chi connectivity index (χ2v) is 3.76. The van der Waals surface area contributed by atoms with Gasteiger partial charge in [0.05, 0.1) is 0 Å². The highest BCUT2D eigenvalue weighted by atomic mass is 15.3. The summed E-state index contributed by atoms with van der Waals surface area (Å²) >= 11 is 0. The lowest BCUT2D eigenvalue weighted by Gasteiger charge is -2.27. The molecular formula is C10H21N5. The van der Waals surface area contributed by atoms with Crippen molar-refractivity contribution in [2.75, 3.05) is 19.6 Å². The van der Waals surface area contributed by atoms with Gasteiger partial charge in [0.15, 0.2) is 5.96 Å². The highest BCUT2D eigenvalue weighted by molar-refractivity contribution is 5.93. The summed E-state index contributed by atoms with van der Waals surface area (Å²) < 4.78 is 0. The van der Waals surface area contributed by atoms with E-state index in [4.69, 9.17) is 11.5 Å². The Morgan fingerprint density at radius 3 is 2.47 bits per heavy atom. The van der Waals surface area contributed by atoms with E-state index < -0.39 is 0 Å². The SMILES string of the molecule is CCCN=C(N)/N=C(\N)N1CCCCC1. The fraction of sp³-hybridized carbons (Fsp3) is 0.800. The number of hydrogen-bond donors (Lipinski definition) is 2. The quantitative estimate of drug-likeness (QED) is 0.516. The lowest BCUT2D eigenvalue weighted by Crippen LogP contribution is -2.41. The molecule has 0 aliphatic carbocycles. The molecule has 0 saturated carbocycles. The van der Waals surface area contributed by atoms with Crippen LogP contribution in [-0.2, 0) is 0 Å². The summed E-state index contributed by atoms with van der Waals surface area (Å²) in [6.45, 7) is 4.73. The molecule has 0 atom stereocenters. The molecule has 1 aliphatic heterocycles. The van der Waals surface area contributed by atoms with Crippen LogP contribution in [0, 0.1) is 0 Å². The Hall–Kier alpha value is -1.26. The maximum absolute atomic E-state index is 5.84. The van der Waals surface area contributed by atoms with Gasteiger partial charge >= 0.3 is 0 Å². The van der Waals surface area contributed by atoms with Gasteiger partial charge in [-0.3, -0.25) is 4.99 Å². The van der Waals surface area contributed by atoms with E-state index in [-0.39, 0.29) is 0 Å². The first kappa shape index (κ1) is 11.8. The second-order valence-electron chi connectivity index (χ2n) is 3.76. The first-order valence-corrected chi connectivity index (χ1v) is 5.63. The monoisotopic (exact) mass is 211 g/mol. The minimum atomic E-state index is 0.292. The molecule has 0 unspecified atom stereocenters. The highest BCUT2D eigenvalue weighted by Gasteiger charge is 2.11. The summed E-state index contributed by atoms with van der Waals surface area (Å²) in [4.78, 5) is 10.2. The van der Waals surface area contributed by atoms with Crippen molar-refractivity contribution in [2.24, 2.45) is 21.5 Å². The molecule has 1 rings (SSSR count). The molecule has 1 saturated heterocycles. The van der Waals surface area contributed by atoms with Crippen molar-refractivity contribution < 1.29 is 0 Å². The first-order chi connectivity index (χ1) is 7.24. The van der Waals surface area contributed by atoms with Crippen molar-refractivity contribution in [1.29, 1.82) is 0 Å². The molecule has 86 valence electrons. The lowest BCUT2D eigenvalue weighted by atomic mass is 10.1. The van der Waals surface area contributed by atoms with Gasteiger partial charge in [-0.05, 0) is 25.7 Å². The Balaban J connectivity index is 2.49. The molecule has 0 spiro atoms. The van der Waals surface area contributed by atoms with Crippen LogP contribution in [0.1, 0.15) is 32.6 Å². The van der Waals surface area contributed by atoms with Gasteiger partial charge in [0.2, 0.25) is 5.96 Å². The molecule has 0 amide bonds. The van der Waals surface area contributed by atoms with E-state index in [9.17, 15) is 0 Å². The normalized spacial score (nSPS) is 19.4. The van der Waals surface area contributed by atoms with E-state index in [1.54, 1.807) is 0 Å². The molecule has 15 heavy (non-hydrogen) atoms. The second kappa shape index (κ2) is 6.27. The number of nitrogens with two attached hydrogens (primary N) is 2. The maximum atomic E-state index is 5.84. The van der Waals surface area contributed by atoms with Crippen molar-refractivity contribution in [3.05, 3.63) is 0 Å². The zero-order chi connectivity index (χ0) is 11.1. The van der Waals surface area contributed by atoms with E-state index in [0.29, 0.717) is 18.5 Å². The Kier molecular flexibility index (Phi) is 4.93. The minimum absolute atomic E-state index is 0.292. The molecule has 4 N–H and O–H groups in total. The summed E-state index contributed by atoms with van der Waals surface area (Å²) in [5, 5.41) is 0. The fourth-order valence-corrected chi connectivity index (χ4v) is 1.57. The molecule has 0 aromatic carbocycles. The molecule has 0 radical (unpaired) electrons. The van der Waals surface area contributed by atoms with Gasteiger partial charge < -0.3 is 16.4 Å². The van der Waals surface area contributed by atoms with E-state index in [0.717, 1.165) is 19.5 Å². The van der Waals surface area contributed by atoms with E-state index in [1.807, 2.05) is 0 Å². The van der Waals surface area contributed by atoms with Crippen molar-refractivity contribution in [3.8, 4) is 0 Å². The number of aliphatic imine (C=N–C) groups is 2. The summed E-state index contributed by atoms with van der Waals surface area (Å²) in [7, 11) is 0. The van der Waals surface area contributed by atoms with Crippen LogP contribution < -0.4 is 11.5 Å². The Bertz CT molecular complexity index is 240. The van der Waals surface area contributed by atoms with Gasteiger partial charge in [-0.25, -0.2) is 0 Å². The summed E-state index contributed by atoms with van der Waals surface area (Å²) in [5.41, 5.74) is 11.5. The molecule has 0 aromatic rings. The van der Waals surface area contributed by atoms with Gasteiger partial charge in [0.25, 0.3) is 0 Å². The third kappa shape index (κ3) is 4.18. The Labute approximate surface area is 91.2 Å². The number of likely N-dealkylation sites (tertiary alicyclic amines) is 1. The van der Waals surface area contributed by atoms with E-state index in [2.05, 4.69) is 21.8 Å². The molecule has 1 heterocycles. The predicted molar refractivity (Wildman–Crippen MR) is 63.8 cm³/mol. The number of guanidine groups is 2. The highest BCUT2D eigenvalue weighted by Crippen LogP contribution is 2.07. The fourth-order valence-electron chi connectivity index (χ4n) is 1.57. The van der Waals surface area contributed by atoms with Crippen LogP contribution in [-0.4, -0.2) is 36.5 Å². The maximum Gasteiger partial charge on any atom is 0.218 e. The summed E-state index contributed by atoms with van der Waals surface area (Å²) in [5.74, 6) is 0.798. The lowest BCUT2D eigenvalue weighted by molar-refractivity contribution is 0.339. The molecule has 1 fully saturated rings. The number of hydrogen-bond acceptors (Lipinski definition) is 1. The molecule has 1 aliphatic rings. The van der Waals surface area contributed by atoms with Crippen LogP contribution in [0.3, 0.4) is 0 Å². The largest absolute Gasteiger partial charge is 0.369 e. The van der Waals surface area contributed by atoms with Gasteiger partial charge in [-0.2, -0.15) is 4.99 Å². The van der Waals surface area contributed by atoms with Crippen molar-refractivity contribution in [2.45, 2.75) is 32.6 Å². The minimum Gasteiger partial charge on any atom is -0.369 e. The molecule has 5 heteroatoms. The van der Waals surface area contributed by atoms with Crippen LogP contribution in [0.25, 0.3) is 0 Å². The van der Waals surface area contributed by atoms with Gasteiger partial charge in [0.1, 0.15) is 0 Å². The first-order valence-electron chi connectivity index (χ1n) is 5.63. The van der Waals surface area contributed by atoms with Gasteiger partial charge in [-0.1, -0.05) is 6.92 Å². The average Bonchev–Trinajstić information content (AvgIpc) is 2.27. The number of piperidine rings is 1. The van der Waals surface area contributed by atoms with Gasteiger partial charge in [-0.15, -0.1) is 0 Å². The molecule has 0 bridgehead atoms. The summed E-state index contributed by atoms with van der Waals surface area (Å²) in [6.07, 6.45) is 4.62. The standard InChI is InChI=1S/C10H21N5/c1-2-6-13-9(11)14-10(12)15-7-4-3-5-8-15/h2-8H2,1H3,(H4,11,12,13,14). The smallest absolute Gasteiger partial charge is 0.218 e. The van der Waals surface area contributed by atoms with Crippen LogP contribution in [0.2, 0.25) is 0 Å². The van der Waals surface area contributed by atoms with Crippen molar-refractivity contribution in [3.63, 3.8) is 0 Å².